The zero-order valence-electron chi connectivity index (χ0n) is 18.8. The van der Waals surface area contributed by atoms with Crippen LogP contribution in [-0.2, 0) is 9.53 Å². The van der Waals surface area contributed by atoms with E-state index >= 15 is 0 Å². The molecule has 0 unspecified atom stereocenters. The molecule has 3 rings (SSSR count). The lowest BCUT2D eigenvalue weighted by atomic mass is 10.1. The van der Waals surface area contributed by atoms with Gasteiger partial charge in [-0.3, -0.25) is 14.9 Å². The summed E-state index contributed by atoms with van der Waals surface area (Å²) in [6, 6.07) is 10.9. The van der Waals surface area contributed by atoms with Crippen molar-refractivity contribution in [1.82, 2.24) is 4.90 Å². The lowest BCUT2D eigenvalue weighted by molar-refractivity contribution is -0.385. The normalized spacial score (nSPS) is 13.9. The number of rotatable bonds is 9. The van der Waals surface area contributed by atoms with Gasteiger partial charge in [-0.05, 0) is 37.7 Å². The maximum Gasteiger partial charge on any atom is 0.338 e. The van der Waals surface area contributed by atoms with E-state index in [9.17, 15) is 19.7 Å². The van der Waals surface area contributed by atoms with Crippen molar-refractivity contribution in [1.29, 1.82) is 0 Å². The molecule has 0 aromatic heterocycles. The van der Waals surface area contributed by atoms with E-state index in [0.717, 1.165) is 38.4 Å². The van der Waals surface area contributed by atoms with Crippen molar-refractivity contribution in [3.63, 3.8) is 0 Å². The van der Waals surface area contributed by atoms with E-state index in [0.29, 0.717) is 11.3 Å². The largest absolute Gasteiger partial charge is 0.477 e. The number of anilines is 2. The van der Waals surface area contributed by atoms with Crippen molar-refractivity contribution in [2.24, 2.45) is 0 Å². The van der Waals surface area contributed by atoms with Crippen molar-refractivity contribution in [3.05, 3.63) is 58.1 Å². The van der Waals surface area contributed by atoms with Gasteiger partial charge < -0.3 is 24.6 Å². The maximum atomic E-state index is 12.7. The fraction of sp³-hybridized carbons (Fsp3) is 0.391. The Morgan fingerprint density at radius 1 is 1.09 bits per heavy atom. The van der Waals surface area contributed by atoms with Crippen molar-refractivity contribution >= 4 is 28.9 Å². The number of nitro benzene ring substituents is 1. The van der Waals surface area contributed by atoms with Crippen LogP contribution >= 0.6 is 0 Å². The molecule has 2 aromatic rings. The molecule has 0 saturated carbocycles. The zero-order valence-corrected chi connectivity index (χ0v) is 18.8. The Labute approximate surface area is 192 Å². The van der Waals surface area contributed by atoms with Gasteiger partial charge in [0, 0.05) is 32.2 Å². The number of esters is 1. The van der Waals surface area contributed by atoms with Crippen LogP contribution < -0.4 is 15.0 Å². The maximum absolute atomic E-state index is 12.7. The summed E-state index contributed by atoms with van der Waals surface area (Å²) in [5.74, 6) is -0.969. The molecule has 1 heterocycles. The number of carbonyl (C=O) groups is 2. The Balaban J connectivity index is 1.77. The van der Waals surface area contributed by atoms with Crippen LogP contribution in [-0.4, -0.2) is 67.6 Å². The van der Waals surface area contributed by atoms with Gasteiger partial charge >= 0.3 is 11.7 Å². The van der Waals surface area contributed by atoms with Gasteiger partial charge in [-0.15, -0.1) is 0 Å². The van der Waals surface area contributed by atoms with Gasteiger partial charge in [0.2, 0.25) is 0 Å². The van der Waals surface area contributed by atoms with Gasteiger partial charge in [0.05, 0.1) is 28.5 Å². The predicted molar refractivity (Wildman–Crippen MR) is 124 cm³/mol. The van der Waals surface area contributed by atoms with E-state index in [4.69, 9.17) is 9.47 Å². The van der Waals surface area contributed by atoms with Crippen LogP contribution in [0.4, 0.5) is 17.1 Å². The smallest absolute Gasteiger partial charge is 0.338 e. The highest BCUT2D eigenvalue weighted by molar-refractivity contribution is 5.98. The molecular formula is C23H28N4O6. The van der Waals surface area contributed by atoms with E-state index in [2.05, 4.69) is 22.0 Å². The number of nitrogens with one attached hydrogen (secondary N) is 1. The van der Waals surface area contributed by atoms with Crippen LogP contribution in [0, 0.1) is 10.1 Å². The SMILES string of the molecule is CCOC(=O)c1ccc(N2CCN(CC)CC2)c(NC(=O)COc2ccccc2[N+](=O)[O-])c1. The summed E-state index contributed by atoms with van der Waals surface area (Å²) in [7, 11) is 0. The summed E-state index contributed by atoms with van der Waals surface area (Å²) in [6.07, 6.45) is 0. The Morgan fingerprint density at radius 3 is 2.48 bits per heavy atom. The third-order valence-corrected chi connectivity index (χ3v) is 5.36. The first kappa shape index (κ1) is 24.0. The highest BCUT2D eigenvalue weighted by atomic mass is 16.6. The number of nitro groups is 1. The van der Waals surface area contributed by atoms with Crippen molar-refractivity contribution in [2.45, 2.75) is 13.8 Å². The van der Waals surface area contributed by atoms with Gasteiger partial charge in [0.1, 0.15) is 0 Å². The molecule has 0 atom stereocenters. The Hall–Kier alpha value is -3.66. The van der Waals surface area contributed by atoms with E-state index in [1.165, 1.54) is 18.2 Å². The molecule has 0 radical (unpaired) electrons. The van der Waals surface area contributed by atoms with Crippen LogP contribution in [0.25, 0.3) is 0 Å². The summed E-state index contributed by atoms with van der Waals surface area (Å²) in [4.78, 5) is 40.0. The van der Waals surface area contributed by atoms with Crippen molar-refractivity contribution in [2.75, 3.05) is 56.2 Å². The quantitative estimate of drug-likeness (QED) is 0.348. The second-order valence-corrected chi connectivity index (χ2v) is 7.44. The molecule has 10 heteroatoms. The number of nitrogens with zero attached hydrogens (tertiary/aromatic N) is 3. The van der Waals surface area contributed by atoms with Crippen LogP contribution in [0.2, 0.25) is 0 Å². The summed E-state index contributed by atoms with van der Waals surface area (Å²) in [5, 5.41) is 13.9. The van der Waals surface area contributed by atoms with Crippen LogP contribution in [0.3, 0.4) is 0 Å². The van der Waals surface area contributed by atoms with E-state index in [-0.39, 0.29) is 18.0 Å². The number of carbonyl (C=O) groups excluding carboxylic acids is 2. The minimum Gasteiger partial charge on any atom is -0.477 e. The molecule has 0 spiro atoms. The molecule has 0 aliphatic carbocycles. The lowest BCUT2D eigenvalue weighted by Crippen LogP contribution is -2.46. The number of para-hydroxylation sites is 2. The highest BCUT2D eigenvalue weighted by Crippen LogP contribution is 2.29. The summed E-state index contributed by atoms with van der Waals surface area (Å²) in [6.45, 7) is 7.98. The molecule has 1 amide bonds. The molecule has 33 heavy (non-hydrogen) atoms. The van der Waals surface area contributed by atoms with E-state index < -0.39 is 23.4 Å². The number of piperazine rings is 1. The number of likely N-dealkylation sites (N-methyl/N-ethyl adjacent to an activating group) is 1. The number of hydrogen-bond donors (Lipinski definition) is 1. The molecule has 176 valence electrons. The Kier molecular flexibility index (Phi) is 8.20. The predicted octanol–water partition coefficient (Wildman–Crippen LogP) is 2.93. The standard InChI is InChI=1S/C23H28N4O6/c1-3-25-11-13-26(14-12-25)19-10-9-17(23(29)32-4-2)15-18(19)24-22(28)16-33-21-8-6-5-7-20(21)27(30)31/h5-10,15H,3-4,11-14,16H2,1-2H3,(H,24,28). The molecular weight excluding hydrogens is 428 g/mol. The molecule has 1 fully saturated rings. The van der Waals surface area contributed by atoms with Gasteiger partial charge in [-0.1, -0.05) is 19.1 Å². The second kappa shape index (κ2) is 11.3. The number of amides is 1. The lowest BCUT2D eigenvalue weighted by Gasteiger charge is -2.36. The third-order valence-electron chi connectivity index (χ3n) is 5.36. The average Bonchev–Trinajstić information content (AvgIpc) is 2.83. The average molecular weight is 456 g/mol. The second-order valence-electron chi connectivity index (χ2n) is 7.44. The van der Waals surface area contributed by atoms with Gasteiger partial charge in [-0.25, -0.2) is 4.79 Å². The first-order valence-corrected chi connectivity index (χ1v) is 10.9. The van der Waals surface area contributed by atoms with E-state index in [1.807, 2.05) is 0 Å². The molecule has 1 N–H and O–H groups in total. The highest BCUT2D eigenvalue weighted by Gasteiger charge is 2.21. The molecule has 1 saturated heterocycles. The minimum atomic E-state index is -0.565. The van der Waals surface area contributed by atoms with Crippen LogP contribution in [0.15, 0.2) is 42.5 Å². The van der Waals surface area contributed by atoms with Crippen LogP contribution in [0.5, 0.6) is 5.75 Å². The number of benzene rings is 2. The van der Waals surface area contributed by atoms with Gasteiger partial charge in [0.15, 0.2) is 12.4 Å². The first-order chi connectivity index (χ1) is 15.9. The van der Waals surface area contributed by atoms with E-state index in [1.54, 1.807) is 31.2 Å². The van der Waals surface area contributed by atoms with Crippen molar-refractivity contribution < 1.29 is 24.0 Å². The van der Waals surface area contributed by atoms with Gasteiger partial charge in [-0.2, -0.15) is 0 Å². The molecule has 0 bridgehead atoms. The van der Waals surface area contributed by atoms with Crippen molar-refractivity contribution in [3.8, 4) is 5.75 Å². The minimum absolute atomic E-state index is 0.00818. The summed E-state index contributed by atoms with van der Waals surface area (Å²) in [5.41, 5.74) is 1.35. The summed E-state index contributed by atoms with van der Waals surface area (Å²) >= 11 is 0. The fourth-order valence-corrected chi connectivity index (χ4v) is 3.62. The Morgan fingerprint density at radius 2 is 1.82 bits per heavy atom. The van der Waals surface area contributed by atoms with Crippen LogP contribution in [0.1, 0.15) is 24.2 Å². The van der Waals surface area contributed by atoms with Gasteiger partial charge in [0.25, 0.3) is 5.91 Å². The topological polar surface area (TPSA) is 114 Å². The number of ether oxygens (including phenoxy) is 2. The summed E-state index contributed by atoms with van der Waals surface area (Å²) < 4.78 is 10.5. The molecule has 10 nitrogen and oxygen atoms in total. The molecule has 1 aliphatic rings. The zero-order chi connectivity index (χ0) is 23.8. The fourth-order valence-electron chi connectivity index (χ4n) is 3.62. The molecule has 1 aliphatic heterocycles. The first-order valence-electron chi connectivity index (χ1n) is 10.9. The monoisotopic (exact) mass is 456 g/mol. The Bertz CT molecular complexity index is 1000. The molecule has 2 aromatic carbocycles. The third kappa shape index (κ3) is 6.19. The number of hydrogen-bond acceptors (Lipinski definition) is 8.